The van der Waals surface area contributed by atoms with Crippen molar-refractivity contribution < 1.29 is 61.2 Å². The van der Waals surface area contributed by atoms with Crippen molar-refractivity contribution in [2.45, 2.75) is 92.6 Å². The fourth-order valence-corrected chi connectivity index (χ4v) is 7.11. The number of carboxylic acids is 1. The molecule has 2 aliphatic rings. The number of ether oxygens (including phenoxy) is 3. The summed E-state index contributed by atoms with van der Waals surface area (Å²) < 4.78 is 50.8. The average molecular weight is 723 g/mol. The number of nitrogens with zero attached hydrogens (tertiary/aromatic N) is 1. The number of pyridine rings is 1. The maximum Gasteiger partial charge on any atom is 0.474 e. The third-order valence-corrected chi connectivity index (χ3v) is 10.2. The lowest BCUT2D eigenvalue weighted by atomic mass is 9.99. The first-order valence-electron chi connectivity index (χ1n) is 14.9. The Bertz CT molecular complexity index is 1270. The van der Waals surface area contributed by atoms with Gasteiger partial charge in [0.2, 0.25) is 0 Å². The monoisotopic (exact) mass is 722 g/mol. The molecule has 1 aromatic rings. The number of carbonyl (C=O) groups is 4. The standard InChI is InChI=1S/C28H43N2O10PS2.C2H4O2/c1-26(2,3)24(32)42-14-12-35-41(34,36-13-15-43-25(33)27(4,5)6)37-17-19-20-21(40-28(7,8)39-20)23(38-19)30-11-9-10-18(16-30)22(29)31;1-2(3)4/h9-11,16,19-21,23H,12-15,17H2,1-8H3,(H-,29,31);1H3,(H,3,4). The van der Waals surface area contributed by atoms with Crippen molar-refractivity contribution in [3.8, 4) is 0 Å². The van der Waals surface area contributed by atoms with Crippen molar-refractivity contribution in [3.63, 3.8) is 0 Å². The van der Waals surface area contributed by atoms with Gasteiger partial charge >= 0.3 is 7.82 Å². The number of rotatable bonds is 13. The van der Waals surface area contributed by atoms with E-state index in [1.54, 1.807) is 42.9 Å². The summed E-state index contributed by atoms with van der Waals surface area (Å²) in [5, 5.41) is 8.83. The predicted octanol–water partition coefficient (Wildman–Crippen LogP) is 3.02. The summed E-state index contributed by atoms with van der Waals surface area (Å²) in [5.74, 6) is -2.11. The smallest absolute Gasteiger partial charge is 0.474 e. The van der Waals surface area contributed by atoms with Gasteiger partial charge in [0.15, 0.2) is 34.5 Å². The molecular weight excluding hydrogens is 675 g/mol. The second-order valence-corrected chi connectivity index (χ2v) is 17.0. The molecule has 0 saturated carbocycles. The van der Waals surface area contributed by atoms with Crippen LogP contribution in [-0.2, 0) is 46.7 Å². The molecule has 17 heteroatoms. The van der Waals surface area contributed by atoms with Crippen LogP contribution in [0.25, 0.3) is 0 Å². The molecule has 14 nitrogen and oxygen atoms in total. The van der Waals surface area contributed by atoms with Gasteiger partial charge in [-0.05, 0) is 26.8 Å². The zero-order valence-electron chi connectivity index (χ0n) is 28.3. The van der Waals surface area contributed by atoms with Crippen molar-refractivity contribution >= 4 is 53.5 Å². The first-order valence-corrected chi connectivity index (χ1v) is 18.4. The van der Waals surface area contributed by atoms with Crippen LogP contribution in [0, 0.1) is 10.8 Å². The van der Waals surface area contributed by atoms with E-state index in [0.717, 1.165) is 30.4 Å². The minimum absolute atomic E-state index is 0.0276. The van der Waals surface area contributed by atoms with Crippen LogP contribution in [0.4, 0.5) is 0 Å². The summed E-state index contributed by atoms with van der Waals surface area (Å²) in [7, 11) is -4.15. The van der Waals surface area contributed by atoms with Gasteiger partial charge in [-0.2, -0.15) is 4.57 Å². The minimum Gasteiger partial charge on any atom is -0.550 e. The van der Waals surface area contributed by atoms with Gasteiger partial charge in [-0.25, -0.2) is 4.57 Å². The zero-order valence-corrected chi connectivity index (χ0v) is 30.9. The summed E-state index contributed by atoms with van der Waals surface area (Å²) in [5.41, 5.74) is 4.69. The number of nitrogens with two attached hydrogens (primary N) is 1. The van der Waals surface area contributed by atoms with Gasteiger partial charge in [0, 0.05) is 34.4 Å². The lowest BCUT2D eigenvalue weighted by molar-refractivity contribution is -0.766. The van der Waals surface area contributed by atoms with E-state index in [1.165, 1.54) is 0 Å². The summed E-state index contributed by atoms with van der Waals surface area (Å²) in [6.07, 6.45) is 0.676. The van der Waals surface area contributed by atoms with Crippen molar-refractivity contribution in [1.29, 1.82) is 0 Å². The van der Waals surface area contributed by atoms with Crippen LogP contribution in [0.3, 0.4) is 0 Å². The minimum atomic E-state index is -4.15. The van der Waals surface area contributed by atoms with Gasteiger partial charge in [-0.1, -0.05) is 65.1 Å². The molecule has 2 aliphatic heterocycles. The van der Waals surface area contributed by atoms with Crippen LogP contribution in [0.2, 0.25) is 0 Å². The maximum absolute atomic E-state index is 13.7. The van der Waals surface area contributed by atoms with Crippen molar-refractivity contribution in [2.24, 2.45) is 16.6 Å². The second-order valence-electron chi connectivity index (χ2n) is 13.2. The van der Waals surface area contributed by atoms with Gasteiger partial charge in [0.25, 0.3) is 12.1 Å². The highest BCUT2D eigenvalue weighted by Gasteiger charge is 2.59. The van der Waals surface area contributed by atoms with E-state index in [2.05, 4.69) is 0 Å². The summed E-state index contributed by atoms with van der Waals surface area (Å²) in [4.78, 5) is 45.2. The third-order valence-electron chi connectivity index (χ3n) is 6.28. The molecule has 2 fully saturated rings. The molecule has 1 amide bonds. The SMILES string of the molecule is CC(=O)[O-].CC1(C)OC2C(COP(=O)(OCCSC(=O)C(C)(C)C)OCCSC(=O)C(C)(C)C)OC([n+]3cccc(C(N)=O)c3)C2O1. The molecule has 4 unspecified atom stereocenters. The molecule has 3 rings (SSSR count). The van der Waals surface area contributed by atoms with Gasteiger partial charge in [-0.15, -0.1) is 0 Å². The lowest BCUT2D eigenvalue weighted by Crippen LogP contribution is -2.46. The molecule has 2 N–H and O–H groups in total. The highest BCUT2D eigenvalue weighted by atomic mass is 32.2. The molecule has 4 atom stereocenters. The number of hydrogen-bond donors (Lipinski definition) is 1. The van der Waals surface area contributed by atoms with E-state index in [0.29, 0.717) is 0 Å². The molecule has 1 aromatic heterocycles. The van der Waals surface area contributed by atoms with Crippen LogP contribution in [0.5, 0.6) is 0 Å². The molecule has 0 aliphatic carbocycles. The second kappa shape index (κ2) is 17.2. The van der Waals surface area contributed by atoms with Crippen LogP contribution in [0.15, 0.2) is 24.5 Å². The number of thioether (sulfide) groups is 2. The van der Waals surface area contributed by atoms with Crippen molar-refractivity contribution in [3.05, 3.63) is 30.1 Å². The largest absolute Gasteiger partial charge is 0.550 e. The fourth-order valence-electron chi connectivity index (χ4n) is 4.11. The number of carboxylic acid groups (broad SMARTS) is 1. The topological polar surface area (TPSA) is 194 Å². The van der Waals surface area contributed by atoms with Crippen molar-refractivity contribution in [1.82, 2.24) is 0 Å². The maximum atomic E-state index is 13.7. The van der Waals surface area contributed by atoms with Crippen molar-refractivity contribution in [2.75, 3.05) is 31.3 Å². The van der Waals surface area contributed by atoms with Gasteiger partial charge in [0.1, 0.15) is 17.8 Å². The van der Waals surface area contributed by atoms with E-state index < -0.39 is 60.9 Å². The Morgan fingerprint density at radius 2 is 1.45 bits per heavy atom. The Morgan fingerprint density at radius 3 is 1.91 bits per heavy atom. The average Bonchev–Trinajstić information content (AvgIpc) is 3.43. The van der Waals surface area contributed by atoms with Crippen LogP contribution in [-0.4, -0.2) is 77.5 Å². The summed E-state index contributed by atoms with van der Waals surface area (Å²) >= 11 is 2.15. The quantitative estimate of drug-likeness (QED) is 0.177. The van der Waals surface area contributed by atoms with Crippen LogP contribution >= 0.6 is 31.3 Å². The first-order chi connectivity index (χ1) is 21.5. The fraction of sp³-hybridized carbons (Fsp3) is 0.700. The number of primary amides is 1. The number of phosphoric acid groups is 1. The highest BCUT2D eigenvalue weighted by Crippen LogP contribution is 2.51. The molecule has 3 heterocycles. The molecule has 266 valence electrons. The number of aromatic nitrogens is 1. The molecule has 0 spiro atoms. The van der Waals surface area contributed by atoms with Crippen LogP contribution < -0.4 is 15.4 Å². The number of fused-ring (bicyclic) bond motifs is 1. The third kappa shape index (κ3) is 13.5. The van der Waals surface area contributed by atoms with Gasteiger partial charge in [-0.3, -0.25) is 28.0 Å². The Kier molecular flexibility index (Phi) is 15.1. The van der Waals surface area contributed by atoms with Crippen LogP contribution in [0.1, 0.15) is 78.9 Å². The number of phosphoric ester groups is 1. The molecule has 0 radical (unpaired) electrons. The summed E-state index contributed by atoms with van der Waals surface area (Å²) in [6.45, 7) is 15.1. The Morgan fingerprint density at radius 1 is 0.957 bits per heavy atom. The molecule has 47 heavy (non-hydrogen) atoms. The Labute approximate surface area is 284 Å². The Hall–Kier alpha value is -1.88. The van der Waals surface area contributed by atoms with E-state index in [1.807, 2.05) is 41.5 Å². The highest BCUT2D eigenvalue weighted by molar-refractivity contribution is 8.14. The predicted molar refractivity (Wildman–Crippen MR) is 173 cm³/mol. The lowest BCUT2D eigenvalue weighted by Gasteiger charge is -2.24. The number of amides is 1. The molecule has 0 bridgehead atoms. The Balaban J connectivity index is 0.00000181. The number of hydrogen-bond acceptors (Lipinski definition) is 14. The first kappa shape index (κ1) is 41.3. The van der Waals surface area contributed by atoms with Gasteiger partial charge < -0.3 is 29.8 Å². The van der Waals surface area contributed by atoms with E-state index in [9.17, 15) is 18.9 Å². The molecule has 2 saturated heterocycles. The number of carbonyl (C=O) groups excluding carboxylic acids is 4. The van der Waals surface area contributed by atoms with E-state index in [4.69, 9.17) is 43.4 Å². The zero-order chi connectivity index (χ0) is 35.8. The molecule has 0 aromatic carbocycles. The van der Waals surface area contributed by atoms with Gasteiger partial charge in [0.05, 0.1) is 19.8 Å². The number of aliphatic carboxylic acids is 1. The molecular formula is C30H47N2O12PS2. The summed E-state index contributed by atoms with van der Waals surface area (Å²) in [6, 6.07) is 3.26. The van der Waals surface area contributed by atoms with E-state index >= 15 is 0 Å². The van der Waals surface area contributed by atoms with E-state index in [-0.39, 0.29) is 47.1 Å². The normalized spacial score (nSPS) is 22.2.